The van der Waals surface area contributed by atoms with Gasteiger partial charge < -0.3 is 23.5 Å². The average molecular weight is 618 g/mol. The van der Waals surface area contributed by atoms with Crippen LogP contribution in [-0.4, -0.2) is 45.8 Å². The van der Waals surface area contributed by atoms with Crippen LogP contribution < -0.4 is 11.4 Å². The highest BCUT2D eigenvalue weighted by Gasteiger charge is 2.29. The Morgan fingerprint density at radius 2 is 2.07 bits per heavy atom. The number of rotatable bonds is 7. The van der Waals surface area contributed by atoms with Crippen molar-refractivity contribution in [2.75, 3.05) is 0 Å². The third kappa shape index (κ3) is 4.70. The van der Waals surface area contributed by atoms with Gasteiger partial charge in [-0.2, -0.15) is 4.68 Å². The molecule has 0 spiro atoms. The standard InChI is InChI=1S/C28H20ClN7O6S/c1-13-23(42-28(40)41-13)9-18-19(11-43-25(18)27(38)39)20-10-30-26(32-20)22-5-3-16-6-14(7-24(37)36(16)22)17-8-15(29)2-4-21(17)35-12-31-33-34-35/h2,4,6-8,10-12,22H,3,5,9H2,1H3,(H,30,32)(H,38,39)/t22-/m0/s1. The number of imidazole rings is 1. The van der Waals surface area contributed by atoms with Crippen LogP contribution in [0.3, 0.4) is 0 Å². The second kappa shape index (κ2) is 10.3. The largest absolute Gasteiger partial charge is 0.519 e. The van der Waals surface area contributed by atoms with Gasteiger partial charge in [-0.05, 0) is 65.6 Å². The zero-order valence-electron chi connectivity index (χ0n) is 22.3. The number of nitrogens with one attached hydrogen (secondary N) is 1. The third-order valence-electron chi connectivity index (χ3n) is 7.46. The van der Waals surface area contributed by atoms with E-state index >= 15 is 0 Å². The smallest absolute Gasteiger partial charge is 0.477 e. The number of carbonyl (C=O) groups is 1. The topological polar surface area (TPSA) is 175 Å². The lowest BCUT2D eigenvalue weighted by atomic mass is 10.0. The number of aryl methyl sites for hydroxylation is 2. The van der Waals surface area contributed by atoms with Crippen LogP contribution in [0.5, 0.6) is 0 Å². The lowest BCUT2D eigenvalue weighted by molar-refractivity contribution is 0.0701. The van der Waals surface area contributed by atoms with Crippen molar-refractivity contribution in [3.05, 3.63) is 108 Å². The summed E-state index contributed by atoms with van der Waals surface area (Å²) in [7, 11) is 0. The number of hydrogen-bond donors (Lipinski definition) is 2. The molecule has 1 atom stereocenters. The van der Waals surface area contributed by atoms with Crippen molar-refractivity contribution in [1.82, 2.24) is 34.7 Å². The fourth-order valence-corrected chi connectivity index (χ4v) is 6.63. The second-order valence-electron chi connectivity index (χ2n) is 9.97. The molecule has 0 aliphatic carbocycles. The predicted octanol–water partition coefficient (Wildman–Crippen LogP) is 4.28. The molecule has 15 heteroatoms. The predicted molar refractivity (Wildman–Crippen MR) is 154 cm³/mol. The summed E-state index contributed by atoms with van der Waals surface area (Å²) in [6.45, 7) is 1.58. The lowest BCUT2D eigenvalue weighted by Crippen LogP contribution is -2.23. The van der Waals surface area contributed by atoms with Gasteiger partial charge in [-0.1, -0.05) is 11.6 Å². The number of thiophene rings is 1. The number of hydrogen-bond acceptors (Lipinski definition) is 10. The van der Waals surface area contributed by atoms with Gasteiger partial charge in [0, 0.05) is 39.7 Å². The Kier molecular flexibility index (Phi) is 6.43. The number of aromatic amines is 1. The molecule has 0 radical (unpaired) electrons. The molecule has 6 heterocycles. The molecule has 1 aliphatic rings. The lowest BCUT2D eigenvalue weighted by Gasteiger charge is -2.15. The summed E-state index contributed by atoms with van der Waals surface area (Å²) in [4.78, 5) is 45.1. The van der Waals surface area contributed by atoms with Gasteiger partial charge in [-0.3, -0.25) is 4.79 Å². The van der Waals surface area contributed by atoms with E-state index in [9.17, 15) is 19.5 Å². The summed E-state index contributed by atoms with van der Waals surface area (Å²) in [6.07, 6.45) is 4.42. The minimum atomic E-state index is -1.09. The Labute approximate surface area is 250 Å². The SMILES string of the molecule is Cc1oc(=O)oc1Cc1c(-c2cnc([C@@H]3CCc4cc(-c5cc(Cl)ccc5-n5cnnn5)cc(=O)n43)[nH]2)csc1C(=O)O. The molecule has 1 aromatic carbocycles. The molecule has 43 heavy (non-hydrogen) atoms. The van der Waals surface area contributed by atoms with Gasteiger partial charge in [-0.25, -0.2) is 14.6 Å². The maximum Gasteiger partial charge on any atom is 0.519 e. The molecule has 13 nitrogen and oxygen atoms in total. The Morgan fingerprint density at radius 1 is 1.21 bits per heavy atom. The van der Waals surface area contributed by atoms with Gasteiger partial charge in [0.2, 0.25) is 0 Å². The van der Waals surface area contributed by atoms with Crippen LogP contribution in [-0.2, 0) is 12.8 Å². The molecule has 216 valence electrons. The first kappa shape index (κ1) is 26.8. The second-order valence-corrected chi connectivity index (χ2v) is 11.3. The molecule has 0 saturated heterocycles. The number of carboxylic acid groups (broad SMARTS) is 1. The van der Waals surface area contributed by atoms with Crippen molar-refractivity contribution in [2.45, 2.75) is 32.2 Å². The maximum absolute atomic E-state index is 13.6. The summed E-state index contributed by atoms with van der Waals surface area (Å²) in [6, 6.07) is 8.47. The van der Waals surface area contributed by atoms with Crippen LogP contribution in [0.15, 0.2) is 66.7 Å². The first-order chi connectivity index (χ1) is 20.8. The number of halogens is 1. The van der Waals surface area contributed by atoms with Crippen LogP contribution >= 0.6 is 22.9 Å². The summed E-state index contributed by atoms with van der Waals surface area (Å²) in [5.74, 6) is -0.833. The minimum Gasteiger partial charge on any atom is -0.477 e. The molecular weight excluding hydrogens is 598 g/mol. The number of benzene rings is 1. The highest BCUT2D eigenvalue weighted by Crippen LogP contribution is 2.37. The molecule has 2 N–H and O–H groups in total. The maximum atomic E-state index is 13.6. The number of aromatic carboxylic acids is 1. The number of carboxylic acids is 1. The van der Waals surface area contributed by atoms with Crippen LogP contribution in [0.25, 0.3) is 28.1 Å². The molecule has 0 saturated carbocycles. The average Bonchev–Trinajstić information content (AvgIpc) is 3.79. The van der Waals surface area contributed by atoms with Crippen LogP contribution in [0.1, 0.15) is 50.7 Å². The molecule has 5 aromatic heterocycles. The van der Waals surface area contributed by atoms with Crippen molar-refractivity contribution in [3.8, 4) is 28.1 Å². The van der Waals surface area contributed by atoms with Crippen molar-refractivity contribution < 1.29 is 18.7 Å². The number of fused-ring (bicyclic) bond motifs is 1. The van der Waals surface area contributed by atoms with Gasteiger partial charge >= 0.3 is 11.8 Å². The minimum absolute atomic E-state index is 0.0526. The van der Waals surface area contributed by atoms with Gasteiger partial charge in [0.05, 0.1) is 23.6 Å². The van der Waals surface area contributed by atoms with E-state index in [1.54, 1.807) is 47.3 Å². The van der Waals surface area contributed by atoms with Crippen LogP contribution in [0.2, 0.25) is 5.02 Å². The zero-order valence-corrected chi connectivity index (χ0v) is 23.8. The van der Waals surface area contributed by atoms with E-state index in [2.05, 4.69) is 25.5 Å². The van der Waals surface area contributed by atoms with Crippen molar-refractivity contribution in [3.63, 3.8) is 0 Å². The summed E-state index contributed by atoms with van der Waals surface area (Å²) in [5, 5.41) is 23.4. The quantitative estimate of drug-likeness (QED) is 0.263. The highest BCUT2D eigenvalue weighted by molar-refractivity contribution is 7.12. The molecule has 0 fully saturated rings. The first-order valence-electron chi connectivity index (χ1n) is 13.0. The van der Waals surface area contributed by atoms with Gasteiger partial charge in [0.1, 0.15) is 22.8 Å². The van der Waals surface area contributed by atoms with E-state index < -0.39 is 11.8 Å². The molecule has 1 aliphatic heterocycles. The van der Waals surface area contributed by atoms with Gasteiger partial charge in [0.25, 0.3) is 5.56 Å². The van der Waals surface area contributed by atoms with Crippen LogP contribution in [0, 0.1) is 6.92 Å². The van der Waals surface area contributed by atoms with Crippen molar-refractivity contribution >= 4 is 28.9 Å². The van der Waals surface area contributed by atoms with E-state index in [4.69, 9.17) is 20.4 Å². The molecule has 6 aromatic rings. The first-order valence-corrected chi connectivity index (χ1v) is 14.3. The fraction of sp³-hybridized carbons (Fsp3) is 0.179. The number of pyridine rings is 1. The van der Waals surface area contributed by atoms with E-state index in [-0.39, 0.29) is 34.4 Å². The fourth-order valence-electron chi connectivity index (χ4n) is 5.52. The monoisotopic (exact) mass is 617 g/mol. The van der Waals surface area contributed by atoms with Crippen molar-refractivity contribution in [2.24, 2.45) is 0 Å². The Balaban J connectivity index is 1.24. The zero-order chi connectivity index (χ0) is 29.8. The molecular formula is C28H20ClN7O6S. The van der Waals surface area contributed by atoms with E-state index in [1.807, 2.05) is 6.07 Å². The van der Waals surface area contributed by atoms with Gasteiger partial charge in [-0.15, -0.1) is 16.4 Å². The Hall–Kier alpha value is -5.08. The van der Waals surface area contributed by atoms with Gasteiger partial charge in [0.15, 0.2) is 5.76 Å². The van der Waals surface area contributed by atoms with E-state index in [0.717, 1.165) is 17.0 Å². The summed E-state index contributed by atoms with van der Waals surface area (Å²) >= 11 is 7.38. The Bertz CT molecular complexity index is 2140. The molecule has 0 amide bonds. The van der Waals surface area contributed by atoms with E-state index in [0.29, 0.717) is 57.3 Å². The molecule has 0 bridgehead atoms. The number of nitrogens with zero attached hydrogens (tertiary/aromatic N) is 6. The Morgan fingerprint density at radius 3 is 2.81 bits per heavy atom. The van der Waals surface area contributed by atoms with E-state index in [1.165, 1.54) is 11.0 Å². The van der Waals surface area contributed by atoms with Crippen LogP contribution in [0.4, 0.5) is 0 Å². The number of H-pyrrole nitrogens is 1. The molecule has 0 unspecified atom stereocenters. The number of aromatic nitrogens is 7. The summed E-state index contributed by atoms with van der Waals surface area (Å²) < 4.78 is 13.3. The normalized spacial score (nSPS) is 14.3. The molecule has 7 rings (SSSR count). The third-order valence-corrected chi connectivity index (χ3v) is 8.71. The summed E-state index contributed by atoms with van der Waals surface area (Å²) in [5.41, 5.74) is 4.38. The number of tetrazole rings is 1. The highest BCUT2D eigenvalue weighted by atomic mass is 35.5. The van der Waals surface area contributed by atoms with Crippen molar-refractivity contribution in [1.29, 1.82) is 0 Å².